The Kier molecular flexibility index (Phi) is 7.16. The normalized spacial score (nSPS) is 16.1. The van der Waals surface area contributed by atoms with Gasteiger partial charge in [-0.05, 0) is 25.1 Å². The van der Waals surface area contributed by atoms with Crippen LogP contribution in [0.15, 0.2) is 18.2 Å². The van der Waals surface area contributed by atoms with E-state index >= 15 is 0 Å². The molecule has 0 aliphatic carbocycles. The van der Waals surface area contributed by atoms with E-state index in [2.05, 4.69) is 4.74 Å². The summed E-state index contributed by atoms with van der Waals surface area (Å²) in [5.74, 6) is -3.18. The van der Waals surface area contributed by atoms with Gasteiger partial charge in [0.2, 0.25) is 11.8 Å². The number of esters is 3. The third kappa shape index (κ3) is 4.50. The minimum Gasteiger partial charge on any atom is -0.465 e. The van der Waals surface area contributed by atoms with E-state index in [1.54, 1.807) is 6.92 Å². The smallest absolute Gasteiger partial charge is 0.339 e. The van der Waals surface area contributed by atoms with Crippen molar-refractivity contribution < 1.29 is 38.2 Å². The number of amides is 2. The largest absolute Gasteiger partial charge is 0.465 e. The Hall–Kier alpha value is -2.88. The van der Waals surface area contributed by atoms with Crippen molar-refractivity contribution >= 4 is 47.2 Å². The number of ether oxygens (including phenoxy) is 3. The lowest BCUT2D eigenvalue weighted by atomic mass is 10.1. The molecule has 2 amide bonds. The zero-order chi connectivity index (χ0) is 20.8. The highest BCUT2D eigenvalue weighted by Crippen LogP contribution is 2.33. The highest BCUT2D eigenvalue weighted by Gasteiger charge is 2.42. The molecule has 150 valence electrons. The van der Waals surface area contributed by atoms with Crippen LogP contribution in [0.3, 0.4) is 0 Å². The molecule has 0 aromatic heterocycles. The maximum absolute atomic E-state index is 12.8. The van der Waals surface area contributed by atoms with Crippen molar-refractivity contribution in [3.63, 3.8) is 0 Å². The lowest BCUT2D eigenvalue weighted by Crippen LogP contribution is -2.33. The van der Waals surface area contributed by atoms with Gasteiger partial charge in [-0.2, -0.15) is 0 Å². The Bertz CT molecular complexity index is 822. The first kappa shape index (κ1) is 21.4. The van der Waals surface area contributed by atoms with E-state index in [0.717, 1.165) is 23.8 Å². The Morgan fingerprint density at radius 2 is 1.82 bits per heavy atom. The van der Waals surface area contributed by atoms with E-state index in [1.165, 1.54) is 25.3 Å². The van der Waals surface area contributed by atoms with E-state index in [4.69, 9.17) is 9.47 Å². The molecule has 0 spiro atoms. The molecule has 1 aliphatic rings. The molecule has 0 bridgehead atoms. The molecule has 1 atom stereocenters. The molecule has 1 fully saturated rings. The molecule has 10 heteroatoms. The summed E-state index contributed by atoms with van der Waals surface area (Å²) < 4.78 is 14.2. The number of imide groups is 1. The fourth-order valence-electron chi connectivity index (χ4n) is 2.60. The van der Waals surface area contributed by atoms with Crippen molar-refractivity contribution in [1.82, 2.24) is 0 Å². The van der Waals surface area contributed by atoms with Crippen LogP contribution in [-0.4, -0.2) is 61.6 Å². The fourth-order valence-corrected chi connectivity index (χ4v) is 3.53. The van der Waals surface area contributed by atoms with Gasteiger partial charge >= 0.3 is 17.9 Å². The van der Waals surface area contributed by atoms with Gasteiger partial charge in [0, 0.05) is 6.42 Å². The first-order valence-electron chi connectivity index (χ1n) is 8.28. The molecular formula is C18H19NO8S. The lowest BCUT2D eigenvalue weighted by molar-refractivity contribution is -0.139. The molecule has 9 nitrogen and oxygen atoms in total. The summed E-state index contributed by atoms with van der Waals surface area (Å²) in [6.07, 6.45) is -0.147. The Labute approximate surface area is 165 Å². The fraction of sp³-hybridized carbons (Fsp3) is 0.389. The molecular weight excluding hydrogens is 390 g/mol. The molecule has 2 rings (SSSR count). The average molecular weight is 409 g/mol. The minimum atomic E-state index is -0.802. The molecule has 0 N–H and O–H groups in total. The van der Waals surface area contributed by atoms with E-state index in [1.807, 2.05) is 0 Å². The van der Waals surface area contributed by atoms with Crippen molar-refractivity contribution in [2.24, 2.45) is 0 Å². The van der Waals surface area contributed by atoms with Crippen LogP contribution >= 0.6 is 11.8 Å². The zero-order valence-corrected chi connectivity index (χ0v) is 16.4. The summed E-state index contributed by atoms with van der Waals surface area (Å²) in [7, 11) is 2.34. The SMILES string of the molecule is CCOC(=O)CSC1CC(=O)N(c2cc(C(=O)OC)ccc2C(=O)OC)C1=O. The van der Waals surface area contributed by atoms with Crippen molar-refractivity contribution in [3.05, 3.63) is 29.3 Å². The summed E-state index contributed by atoms with van der Waals surface area (Å²) in [6, 6.07) is 3.85. The number of benzene rings is 1. The number of nitrogens with zero attached hydrogens (tertiary/aromatic N) is 1. The number of hydrogen-bond donors (Lipinski definition) is 0. The predicted molar refractivity (Wildman–Crippen MR) is 99.1 cm³/mol. The van der Waals surface area contributed by atoms with Crippen LogP contribution in [0.4, 0.5) is 5.69 Å². The number of carbonyl (C=O) groups is 5. The lowest BCUT2D eigenvalue weighted by Gasteiger charge is -2.18. The number of hydrogen-bond acceptors (Lipinski definition) is 9. The third-order valence-electron chi connectivity index (χ3n) is 3.88. The quantitative estimate of drug-likeness (QED) is 0.372. The van der Waals surface area contributed by atoms with Gasteiger partial charge in [0.1, 0.15) is 0 Å². The van der Waals surface area contributed by atoms with Crippen LogP contribution in [0.1, 0.15) is 34.1 Å². The van der Waals surface area contributed by atoms with E-state index in [-0.39, 0.29) is 35.6 Å². The monoisotopic (exact) mass is 409 g/mol. The number of rotatable bonds is 7. The van der Waals surface area contributed by atoms with Crippen molar-refractivity contribution in [2.45, 2.75) is 18.6 Å². The maximum Gasteiger partial charge on any atom is 0.339 e. The molecule has 28 heavy (non-hydrogen) atoms. The van der Waals surface area contributed by atoms with Crippen LogP contribution < -0.4 is 4.90 Å². The summed E-state index contributed by atoms with van der Waals surface area (Å²) in [4.78, 5) is 61.5. The Morgan fingerprint density at radius 3 is 2.43 bits per heavy atom. The number of anilines is 1. The van der Waals surface area contributed by atoms with Gasteiger partial charge in [-0.15, -0.1) is 11.8 Å². The van der Waals surface area contributed by atoms with Crippen LogP contribution in [0.25, 0.3) is 0 Å². The summed E-state index contributed by atoms with van der Waals surface area (Å²) in [5, 5.41) is -0.802. The predicted octanol–water partition coefficient (Wildman–Crippen LogP) is 1.19. The molecule has 1 aliphatic heterocycles. The molecule has 1 unspecified atom stereocenters. The molecule has 1 aromatic carbocycles. The summed E-state index contributed by atoms with van der Waals surface area (Å²) >= 11 is 0.983. The van der Waals surface area contributed by atoms with Crippen LogP contribution in [0.2, 0.25) is 0 Å². The standard InChI is InChI=1S/C18H19NO8S/c1-4-27-15(21)9-28-13-8-14(20)19(16(13)22)12-7-10(17(23)25-2)5-6-11(12)18(24)26-3/h5-7,13H,4,8-9H2,1-3H3. The second-order valence-electron chi connectivity index (χ2n) is 5.59. The van der Waals surface area contributed by atoms with E-state index in [9.17, 15) is 24.0 Å². The second-order valence-corrected chi connectivity index (χ2v) is 6.78. The van der Waals surface area contributed by atoms with Crippen LogP contribution in [0.5, 0.6) is 0 Å². The third-order valence-corrected chi connectivity index (χ3v) is 5.05. The van der Waals surface area contributed by atoms with Gasteiger partial charge < -0.3 is 14.2 Å². The molecule has 1 saturated heterocycles. The maximum atomic E-state index is 12.8. The second kappa shape index (κ2) is 9.36. The van der Waals surface area contributed by atoms with Gasteiger partial charge in [0.05, 0.1) is 48.6 Å². The van der Waals surface area contributed by atoms with Gasteiger partial charge in [-0.25, -0.2) is 14.5 Å². The molecule has 1 heterocycles. The number of methoxy groups -OCH3 is 2. The van der Waals surface area contributed by atoms with Crippen LogP contribution in [-0.2, 0) is 28.6 Å². The number of carbonyl (C=O) groups excluding carboxylic acids is 5. The van der Waals surface area contributed by atoms with Crippen molar-refractivity contribution in [2.75, 3.05) is 31.5 Å². The van der Waals surface area contributed by atoms with E-state index < -0.39 is 35.0 Å². The van der Waals surface area contributed by atoms with Gasteiger partial charge in [-0.1, -0.05) is 0 Å². The van der Waals surface area contributed by atoms with Crippen molar-refractivity contribution in [1.29, 1.82) is 0 Å². The number of thioether (sulfide) groups is 1. The minimum absolute atomic E-state index is 0.0482. The average Bonchev–Trinajstić information content (AvgIpc) is 2.98. The molecule has 0 radical (unpaired) electrons. The zero-order valence-electron chi connectivity index (χ0n) is 15.6. The topological polar surface area (TPSA) is 116 Å². The summed E-state index contributed by atoms with van der Waals surface area (Å²) in [6.45, 7) is 1.88. The van der Waals surface area contributed by atoms with Gasteiger partial charge in [0.15, 0.2) is 0 Å². The van der Waals surface area contributed by atoms with E-state index in [0.29, 0.717) is 0 Å². The first-order valence-corrected chi connectivity index (χ1v) is 9.33. The molecule has 0 saturated carbocycles. The Balaban J connectivity index is 2.35. The van der Waals surface area contributed by atoms with Gasteiger partial charge in [0.25, 0.3) is 0 Å². The first-order chi connectivity index (χ1) is 13.3. The summed E-state index contributed by atoms with van der Waals surface area (Å²) in [5.41, 5.74) is -0.0507. The van der Waals surface area contributed by atoms with Gasteiger partial charge in [-0.3, -0.25) is 14.4 Å². The highest BCUT2D eigenvalue weighted by molar-refractivity contribution is 8.01. The highest BCUT2D eigenvalue weighted by atomic mass is 32.2. The molecule has 1 aromatic rings. The Morgan fingerprint density at radius 1 is 1.14 bits per heavy atom. The van der Waals surface area contributed by atoms with Crippen LogP contribution in [0, 0.1) is 0 Å². The van der Waals surface area contributed by atoms with Crippen molar-refractivity contribution in [3.8, 4) is 0 Å².